The molecule has 0 amide bonds. The lowest BCUT2D eigenvalue weighted by Crippen LogP contribution is -2.17. The number of benzene rings is 6. The summed E-state index contributed by atoms with van der Waals surface area (Å²) in [5.41, 5.74) is 12.2. The second-order valence-corrected chi connectivity index (χ2v) is 14.3. The number of pyridine rings is 1. The molecule has 11 rings (SSSR count). The molecule has 6 heteroatoms. The van der Waals surface area contributed by atoms with Crippen molar-refractivity contribution in [2.45, 2.75) is 19.3 Å². The van der Waals surface area contributed by atoms with Gasteiger partial charge in [-0.1, -0.05) is 117 Å². The Hall–Kier alpha value is -6.92. The minimum atomic E-state index is -0.357. The van der Waals surface area contributed by atoms with Gasteiger partial charge in [-0.25, -0.2) is 19.9 Å². The minimum absolute atomic E-state index is 0.357. The molecule has 0 unspecified atom stereocenters. The molecule has 0 atom stereocenters. The van der Waals surface area contributed by atoms with Crippen LogP contribution in [0.5, 0.6) is 0 Å². The number of nitrogens with zero attached hydrogens (tertiary/aromatic N) is 5. The van der Waals surface area contributed by atoms with Gasteiger partial charge in [0.05, 0.1) is 5.52 Å². The van der Waals surface area contributed by atoms with Crippen LogP contribution in [0.15, 0.2) is 156 Å². The molecular formula is C47H31N5O. The van der Waals surface area contributed by atoms with E-state index in [0.717, 1.165) is 60.9 Å². The molecule has 53 heavy (non-hydrogen) atoms. The third-order valence-electron chi connectivity index (χ3n) is 10.9. The molecule has 6 nitrogen and oxygen atoms in total. The van der Waals surface area contributed by atoms with Gasteiger partial charge >= 0.3 is 0 Å². The Bertz CT molecular complexity index is 3050. The normalized spacial score (nSPS) is 13.2. The van der Waals surface area contributed by atoms with E-state index in [-0.39, 0.29) is 5.41 Å². The van der Waals surface area contributed by atoms with Gasteiger partial charge in [0.1, 0.15) is 16.8 Å². The smallest absolute Gasteiger partial charge is 0.164 e. The minimum Gasteiger partial charge on any atom is -0.456 e. The van der Waals surface area contributed by atoms with Crippen LogP contribution in [-0.4, -0.2) is 24.5 Å². The monoisotopic (exact) mass is 681 g/mol. The van der Waals surface area contributed by atoms with Crippen molar-refractivity contribution < 1.29 is 4.42 Å². The van der Waals surface area contributed by atoms with Gasteiger partial charge in [0.2, 0.25) is 0 Å². The van der Waals surface area contributed by atoms with Crippen LogP contribution in [0.4, 0.5) is 0 Å². The van der Waals surface area contributed by atoms with Crippen LogP contribution in [0, 0.1) is 0 Å². The largest absolute Gasteiger partial charge is 0.456 e. The fourth-order valence-corrected chi connectivity index (χ4v) is 8.55. The third-order valence-corrected chi connectivity index (χ3v) is 10.9. The van der Waals surface area contributed by atoms with Crippen molar-refractivity contribution in [3.05, 3.63) is 163 Å². The maximum atomic E-state index is 6.27. The van der Waals surface area contributed by atoms with Crippen LogP contribution in [-0.2, 0) is 5.41 Å². The summed E-state index contributed by atoms with van der Waals surface area (Å²) in [6, 6.07) is 50.5. The quantitative estimate of drug-likeness (QED) is 0.185. The fourth-order valence-electron chi connectivity index (χ4n) is 8.55. The molecule has 0 fully saturated rings. The first-order valence-electron chi connectivity index (χ1n) is 17.9. The van der Waals surface area contributed by atoms with Crippen LogP contribution in [0.25, 0.3) is 94.9 Å². The lowest BCUT2D eigenvalue weighted by Gasteiger charge is -2.24. The maximum Gasteiger partial charge on any atom is 0.164 e. The van der Waals surface area contributed by atoms with E-state index in [2.05, 4.69) is 109 Å². The number of aromatic nitrogens is 5. The standard InChI is InChI=1S/C47H31N5O/c1-47(2)37-27-29(52-38-21-8-6-15-31(38)33-20-12-26-48-46(33)52)24-25-30(37)32-17-10-19-36(42(32)47)45-50-43(28-13-4-3-5-14-28)49-44(51-45)35-18-11-23-40-41(35)34-16-7-9-22-39(34)53-40/h3-27H,1-2H3. The van der Waals surface area contributed by atoms with E-state index in [4.69, 9.17) is 24.4 Å². The molecule has 10 aromatic rings. The average molecular weight is 682 g/mol. The Balaban J connectivity index is 1.12. The van der Waals surface area contributed by atoms with E-state index < -0.39 is 0 Å². The first-order valence-corrected chi connectivity index (χ1v) is 17.9. The highest BCUT2D eigenvalue weighted by atomic mass is 16.3. The van der Waals surface area contributed by atoms with E-state index in [0.29, 0.717) is 17.5 Å². The van der Waals surface area contributed by atoms with Crippen LogP contribution >= 0.6 is 0 Å². The van der Waals surface area contributed by atoms with Crippen LogP contribution in [0.2, 0.25) is 0 Å². The van der Waals surface area contributed by atoms with Gasteiger partial charge in [0.25, 0.3) is 0 Å². The van der Waals surface area contributed by atoms with E-state index in [1.807, 2.05) is 60.8 Å². The second-order valence-electron chi connectivity index (χ2n) is 14.3. The van der Waals surface area contributed by atoms with Crippen LogP contribution < -0.4 is 0 Å². The highest BCUT2D eigenvalue weighted by Gasteiger charge is 2.39. The lowest BCUT2D eigenvalue weighted by molar-refractivity contribution is 0.660. The van der Waals surface area contributed by atoms with Crippen molar-refractivity contribution in [2.24, 2.45) is 0 Å². The SMILES string of the molecule is CC1(C)c2cc(-n3c4ccccc4c4cccnc43)ccc2-c2cccc(-c3nc(-c4ccccc4)nc(-c4cccc5oc6ccccc6c45)n3)c21. The highest BCUT2D eigenvalue weighted by molar-refractivity contribution is 6.12. The molecule has 6 aromatic carbocycles. The summed E-state index contributed by atoms with van der Waals surface area (Å²) in [5.74, 6) is 1.88. The molecule has 0 bridgehead atoms. The summed E-state index contributed by atoms with van der Waals surface area (Å²) in [4.78, 5) is 20.5. The van der Waals surface area contributed by atoms with E-state index in [1.54, 1.807) is 0 Å². The second kappa shape index (κ2) is 11.0. The van der Waals surface area contributed by atoms with E-state index >= 15 is 0 Å². The highest BCUT2D eigenvalue weighted by Crippen LogP contribution is 2.52. The predicted octanol–water partition coefficient (Wildman–Crippen LogP) is 11.6. The van der Waals surface area contributed by atoms with Gasteiger partial charge in [-0.2, -0.15) is 0 Å². The summed E-state index contributed by atoms with van der Waals surface area (Å²) in [6.45, 7) is 4.63. The van der Waals surface area contributed by atoms with Gasteiger partial charge in [0.15, 0.2) is 17.5 Å². The number of rotatable bonds is 4. The zero-order chi connectivity index (χ0) is 35.3. The van der Waals surface area contributed by atoms with Crippen molar-refractivity contribution in [3.8, 4) is 51.0 Å². The summed E-state index contributed by atoms with van der Waals surface area (Å²) in [5, 5.41) is 4.37. The maximum absolute atomic E-state index is 6.27. The zero-order valence-electron chi connectivity index (χ0n) is 29.1. The Labute approximate surface area is 305 Å². The molecule has 0 spiro atoms. The van der Waals surface area contributed by atoms with E-state index in [9.17, 15) is 0 Å². The molecule has 0 N–H and O–H groups in total. The number of hydrogen-bond donors (Lipinski definition) is 0. The average Bonchev–Trinajstić information content (AvgIpc) is 3.83. The fraction of sp³-hybridized carbons (Fsp3) is 0.0638. The summed E-state index contributed by atoms with van der Waals surface area (Å²) in [6.07, 6.45) is 1.87. The van der Waals surface area contributed by atoms with Crippen molar-refractivity contribution in [2.75, 3.05) is 0 Å². The molecule has 4 aromatic heterocycles. The summed E-state index contributed by atoms with van der Waals surface area (Å²) >= 11 is 0. The number of furan rings is 1. The lowest BCUT2D eigenvalue weighted by atomic mass is 9.80. The first kappa shape index (κ1) is 29.8. The van der Waals surface area contributed by atoms with Gasteiger partial charge in [-0.05, 0) is 64.7 Å². The predicted molar refractivity (Wildman–Crippen MR) is 213 cm³/mol. The Morgan fingerprint density at radius 1 is 0.528 bits per heavy atom. The Kier molecular flexibility index (Phi) is 6.20. The molecule has 4 heterocycles. The Morgan fingerprint density at radius 3 is 2.09 bits per heavy atom. The molecule has 1 aliphatic rings. The summed E-state index contributed by atoms with van der Waals surface area (Å²) < 4.78 is 8.56. The topological polar surface area (TPSA) is 69.6 Å². The van der Waals surface area contributed by atoms with Crippen molar-refractivity contribution >= 4 is 43.9 Å². The molecule has 0 saturated carbocycles. The van der Waals surface area contributed by atoms with Crippen LogP contribution in [0.1, 0.15) is 25.0 Å². The van der Waals surface area contributed by atoms with Gasteiger partial charge < -0.3 is 4.42 Å². The van der Waals surface area contributed by atoms with E-state index in [1.165, 1.54) is 27.6 Å². The van der Waals surface area contributed by atoms with Crippen molar-refractivity contribution in [1.29, 1.82) is 0 Å². The molecule has 1 aliphatic carbocycles. The summed E-state index contributed by atoms with van der Waals surface area (Å²) in [7, 11) is 0. The Morgan fingerprint density at radius 2 is 1.21 bits per heavy atom. The van der Waals surface area contributed by atoms with Crippen LogP contribution in [0.3, 0.4) is 0 Å². The molecular weight excluding hydrogens is 651 g/mol. The van der Waals surface area contributed by atoms with Gasteiger partial charge in [-0.3, -0.25) is 4.57 Å². The van der Waals surface area contributed by atoms with Crippen molar-refractivity contribution in [1.82, 2.24) is 24.5 Å². The number of fused-ring (bicyclic) bond motifs is 9. The first-order chi connectivity index (χ1) is 26.0. The number of hydrogen-bond acceptors (Lipinski definition) is 5. The molecule has 250 valence electrons. The number of para-hydroxylation sites is 2. The third kappa shape index (κ3) is 4.33. The van der Waals surface area contributed by atoms with Gasteiger partial charge in [-0.15, -0.1) is 0 Å². The molecule has 0 saturated heterocycles. The van der Waals surface area contributed by atoms with Crippen molar-refractivity contribution in [3.63, 3.8) is 0 Å². The zero-order valence-corrected chi connectivity index (χ0v) is 29.1. The van der Waals surface area contributed by atoms with Gasteiger partial charge in [0, 0.05) is 55.5 Å². The molecule has 0 radical (unpaired) electrons. The molecule has 0 aliphatic heterocycles.